The maximum atomic E-state index is 13.4. The van der Waals surface area contributed by atoms with Crippen molar-refractivity contribution in [3.8, 4) is 0 Å². The van der Waals surface area contributed by atoms with Gasteiger partial charge in [-0.1, -0.05) is 6.92 Å². The van der Waals surface area contributed by atoms with E-state index < -0.39 is 0 Å². The average molecular weight is 397 g/mol. The highest BCUT2D eigenvalue weighted by atomic mass is 32.1. The highest BCUT2D eigenvalue weighted by Gasteiger charge is 2.54. The lowest BCUT2D eigenvalue weighted by molar-refractivity contribution is -0.144. The Morgan fingerprint density at radius 1 is 1.21 bits per heavy atom. The first kappa shape index (κ1) is 17.4. The van der Waals surface area contributed by atoms with Gasteiger partial charge < -0.3 is 0 Å². The van der Waals surface area contributed by atoms with E-state index in [1.165, 1.54) is 29.7 Å². The second-order valence-corrected chi connectivity index (χ2v) is 11.4. The van der Waals surface area contributed by atoms with Crippen LogP contribution in [0.4, 0.5) is 0 Å². The molecule has 0 saturated heterocycles. The van der Waals surface area contributed by atoms with Crippen molar-refractivity contribution in [1.82, 2.24) is 9.55 Å². The van der Waals surface area contributed by atoms with E-state index in [1.807, 2.05) is 0 Å². The van der Waals surface area contributed by atoms with E-state index in [2.05, 4.69) is 11.9 Å². The molecule has 4 saturated carbocycles. The summed E-state index contributed by atoms with van der Waals surface area (Å²) in [6.45, 7) is 2.50. The van der Waals surface area contributed by atoms with Crippen LogP contribution in [0.1, 0.15) is 62.3 Å². The number of rotatable bonds is 3. The van der Waals surface area contributed by atoms with Crippen LogP contribution >= 0.6 is 11.3 Å². The molecule has 1 atom stereocenters. The molecule has 0 radical (unpaired) electrons. The Bertz CT molecular complexity index is 998. The number of thiophene rings is 1. The largest absolute Gasteiger partial charge is 0.297 e. The van der Waals surface area contributed by atoms with Gasteiger partial charge in [-0.15, -0.1) is 11.3 Å². The molecule has 0 spiro atoms. The fourth-order valence-corrected chi connectivity index (χ4v) is 8.59. The number of hydrogen-bond acceptors (Lipinski definition) is 4. The van der Waals surface area contributed by atoms with Crippen molar-refractivity contribution in [1.29, 1.82) is 0 Å². The SMILES string of the molecule is C[C@H]1CCc2c(sc3ncn(CC(=O)C45CC6CC(CC(C6)C4)C5)c(=O)c23)C1. The number of aromatic nitrogens is 2. The van der Waals surface area contributed by atoms with Crippen LogP contribution in [0.25, 0.3) is 10.2 Å². The van der Waals surface area contributed by atoms with Crippen LogP contribution in [0.3, 0.4) is 0 Å². The molecule has 4 fully saturated rings. The molecule has 4 bridgehead atoms. The van der Waals surface area contributed by atoms with Crippen molar-refractivity contribution >= 4 is 27.3 Å². The molecule has 2 aromatic rings. The Morgan fingerprint density at radius 2 is 1.89 bits per heavy atom. The summed E-state index contributed by atoms with van der Waals surface area (Å²) in [5, 5.41) is 0.799. The van der Waals surface area contributed by atoms with Gasteiger partial charge >= 0.3 is 0 Å². The average Bonchev–Trinajstić information content (AvgIpc) is 3.01. The van der Waals surface area contributed by atoms with E-state index in [9.17, 15) is 9.59 Å². The molecule has 2 heterocycles. The van der Waals surface area contributed by atoms with Gasteiger partial charge in [0, 0.05) is 10.3 Å². The first-order valence-corrected chi connectivity index (χ1v) is 11.9. The summed E-state index contributed by atoms with van der Waals surface area (Å²) in [6.07, 6.45) is 12.0. The lowest BCUT2D eigenvalue weighted by Crippen LogP contribution is -2.51. The van der Waals surface area contributed by atoms with E-state index in [0.29, 0.717) is 11.7 Å². The van der Waals surface area contributed by atoms with Crippen molar-refractivity contribution in [3.05, 3.63) is 27.1 Å². The molecule has 0 aromatic carbocycles. The minimum atomic E-state index is -0.146. The van der Waals surface area contributed by atoms with Crippen molar-refractivity contribution in [2.45, 2.75) is 71.3 Å². The topological polar surface area (TPSA) is 52.0 Å². The molecule has 5 aliphatic carbocycles. The van der Waals surface area contributed by atoms with Crippen molar-refractivity contribution in [2.75, 3.05) is 0 Å². The smallest absolute Gasteiger partial charge is 0.262 e. The van der Waals surface area contributed by atoms with E-state index in [-0.39, 0.29) is 17.5 Å². The van der Waals surface area contributed by atoms with Gasteiger partial charge in [0.25, 0.3) is 5.56 Å². The third-order valence-corrected chi connectivity index (χ3v) is 9.39. The van der Waals surface area contributed by atoms with Gasteiger partial charge in [-0.05, 0) is 87.0 Å². The number of carbonyl (C=O) groups excluding carboxylic acids is 1. The maximum absolute atomic E-state index is 13.4. The number of aryl methyl sites for hydroxylation is 1. The van der Waals surface area contributed by atoms with Crippen molar-refractivity contribution < 1.29 is 4.79 Å². The molecule has 0 amide bonds. The van der Waals surface area contributed by atoms with E-state index in [4.69, 9.17) is 0 Å². The molecule has 5 heteroatoms. The second-order valence-electron chi connectivity index (χ2n) is 10.3. The van der Waals surface area contributed by atoms with Gasteiger partial charge in [0.2, 0.25) is 0 Å². The maximum Gasteiger partial charge on any atom is 0.262 e. The van der Waals surface area contributed by atoms with Crippen molar-refractivity contribution in [2.24, 2.45) is 29.1 Å². The number of nitrogens with zero attached hydrogens (tertiary/aromatic N) is 2. The summed E-state index contributed by atoms with van der Waals surface area (Å²) in [7, 11) is 0. The van der Waals surface area contributed by atoms with Crippen LogP contribution in [0.2, 0.25) is 0 Å². The van der Waals surface area contributed by atoms with E-state index in [0.717, 1.165) is 66.5 Å². The number of Topliss-reactive ketones (excluding diaryl/α,β-unsaturated/α-hetero) is 1. The Kier molecular flexibility index (Phi) is 3.73. The molecular weight excluding hydrogens is 368 g/mol. The minimum absolute atomic E-state index is 0.00938. The predicted octanol–water partition coefficient (Wildman–Crippen LogP) is 4.37. The van der Waals surface area contributed by atoms with Crippen LogP contribution in [0.15, 0.2) is 11.1 Å². The lowest BCUT2D eigenvalue weighted by Gasteiger charge is -2.56. The molecule has 7 rings (SSSR count). The van der Waals surface area contributed by atoms with Gasteiger partial charge in [0.15, 0.2) is 5.78 Å². The standard InChI is InChI=1S/C23H28N2O2S/c1-13-2-3-17-18(4-13)28-21-20(17)22(27)25(12-24-21)11-19(26)23-8-14-5-15(9-23)7-16(6-14)10-23/h12-16H,2-11H2,1H3/t13-,14?,15?,16?,23?/m0/s1. The van der Waals surface area contributed by atoms with Gasteiger partial charge in [-0.2, -0.15) is 0 Å². The molecule has 0 unspecified atom stereocenters. The van der Waals surface area contributed by atoms with Crippen LogP contribution in [0, 0.1) is 29.1 Å². The Balaban J connectivity index is 1.34. The quantitative estimate of drug-likeness (QED) is 0.774. The summed E-state index contributed by atoms with van der Waals surface area (Å²) < 4.78 is 1.62. The predicted molar refractivity (Wildman–Crippen MR) is 111 cm³/mol. The van der Waals surface area contributed by atoms with E-state index in [1.54, 1.807) is 22.2 Å². The third kappa shape index (κ3) is 2.51. The number of ketones is 1. The molecular formula is C23H28N2O2S. The number of fused-ring (bicyclic) bond motifs is 3. The number of hydrogen-bond donors (Lipinski definition) is 0. The van der Waals surface area contributed by atoms with E-state index >= 15 is 0 Å². The second kappa shape index (κ2) is 6.01. The molecule has 0 aliphatic heterocycles. The van der Waals surface area contributed by atoms with Crippen LogP contribution in [-0.4, -0.2) is 15.3 Å². The summed E-state index contributed by atoms with van der Waals surface area (Å²) in [4.78, 5) is 33.5. The monoisotopic (exact) mass is 396 g/mol. The van der Waals surface area contributed by atoms with Gasteiger partial charge in [-0.25, -0.2) is 4.98 Å². The first-order chi connectivity index (χ1) is 13.5. The number of carbonyl (C=O) groups is 1. The first-order valence-electron chi connectivity index (χ1n) is 11.0. The zero-order chi connectivity index (χ0) is 19.0. The summed E-state index contributed by atoms with van der Waals surface area (Å²) in [5.74, 6) is 3.23. The van der Waals surface area contributed by atoms with Crippen LogP contribution in [-0.2, 0) is 24.2 Å². The summed E-state index contributed by atoms with van der Waals surface area (Å²) >= 11 is 1.68. The normalized spacial score (nSPS) is 36.0. The fraction of sp³-hybridized carbons (Fsp3) is 0.696. The van der Waals surface area contributed by atoms with Crippen molar-refractivity contribution in [3.63, 3.8) is 0 Å². The molecule has 0 N–H and O–H groups in total. The highest BCUT2D eigenvalue weighted by molar-refractivity contribution is 7.18. The van der Waals surface area contributed by atoms with Gasteiger partial charge in [0.1, 0.15) is 4.83 Å². The van der Waals surface area contributed by atoms with Gasteiger partial charge in [-0.3, -0.25) is 14.2 Å². The Labute approximate surface area is 169 Å². The zero-order valence-electron chi connectivity index (χ0n) is 16.6. The van der Waals surface area contributed by atoms with Crippen LogP contribution < -0.4 is 5.56 Å². The summed E-state index contributed by atoms with van der Waals surface area (Å²) in [6, 6.07) is 0. The third-order valence-electron chi connectivity index (χ3n) is 8.23. The summed E-state index contributed by atoms with van der Waals surface area (Å²) in [5.41, 5.74) is 1.08. The minimum Gasteiger partial charge on any atom is -0.297 e. The molecule has 28 heavy (non-hydrogen) atoms. The highest BCUT2D eigenvalue weighted by Crippen LogP contribution is 2.60. The lowest BCUT2D eigenvalue weighted by atomic mass is 9.48. The molecule has 5 aliphatic rings. The zero-order valence-corrected chi connectivity index (χ0v) is 17.4. The van der Waals surface area contributed by atoms with Gasteiger partial charge in [0.05, 0.1) is 18.3 Å². The van der Waals surface area contributed by atoms with Crippen LogP contribution in [0.5, 0.6) is 0 Å². The molecule has 4 nitrogen and oxygen atoms in total. The molecule has 2 aromatic heterocycles. The fourth-order valence-electron chi connectivity index (χ4n) is 7.25. The Hall–Kier alpha value is -1.49. The molecule has 148 valence electrons. The Morgan fingerprint density at radius 3 is 2.57 bits per heavy atom.